The van der Waals surface area contributed by atoms with Crippen molar-refractivity contribution < 1.29 is 9.59 Å². The minimum absolute atomic E-state index is 0.0151. The van der Waals surface area contributed by atoms with E-state index in [0.29, 0.717) is 24.6 Å². The average molecular weight is 328 g/mol. The highest BCUT2D eigenvalue weighted by Gasteiger charge is 2.28. The second-order valence-electron chi connectivity index (χ2n) is 6.38. The van der Waals surface area contributed by atoms with Gasteiger partial charge in [-0.05, 0) is 6.42 Å². The van der Waals surface area contributed by atoms with Crippen LogP contribution in [0.25, 0.3) is 0 Å². The third-order valence-corrected chi connectivity index (χ3v) is 5.56. The summed E-state index contributed by atoms with van der Waals surface area (Å²) >= 11 is 1.90. The molecule has 3 nitrogen and oxygen atoms in total. The molecule has 0 bridgehead atoms. The van der Waals surface area contributed by atoms with Crippen molar-refractivity contribution in [2.45, 2.75) is 89.7 Å². The topological polar surface area (TPSA) is 37.4 Å². The highest BCUT2D eigenvalue weighted by atomic mass is 32.2. The second-order valence-corrected chi connectivity index (χ2v) is 7.93. The maximum atomic E-state index is 11.5. The fourth-order valence-corrected chi connectivity index (χ4v) is 3.89. The minimum atomic E-state index is 0.0151. The molecule has 0 aromatic rings. The third kappa shape index (κ3) is 8.21. The van der Waals surface area contributed by atoms with Crippen molar-refractivity contribution >= 4 is 23.6 Å². The summed E-state index contributed by atoms with van der Waals surface area (Å²) in [5.74, 6) is 0.915. The van der Waals surface area contributed by atoms with Crippen LogP contribution in [0.15, 0.2) is 0 Å². The molecule has 0 radical (unpaired) electrons. The first-order valence-electron chi connectivity index (χ1n) is 9.10. The largest absolute Gasteiger partial charge is 0.282 e. The zero-order valence-electron chi connectivity index (χ0n) is 14.4. The van der Waals surface area contributed by atoms with Crippen LogP contribution in [0.1, 0.15) is 84.5 Å². The summed E-state index contributed by atoms with van der Waals surface area (Å²) < 4.78 is 0. The maximum Gasteiger partial charge on any atom is 0.229 e. The van der Waals surface area contributed by atoms with E-state index in [1.807, 2.05) is 11.8 Å². The standard InChI is InChI=1S/C18H33NO2S/c1-3-4-5-6-7-8-9-10-11-16(2)22-15-14-19-17(20)12-13-18(19)21/h16H,3-15H2,1-2H3. The van der Waals surface area contributed by atoms with Crippen molar-refractivity contribution in [3.8, 4) is 0 Å². The van der Waals surface area contributed by atoms with Crippen LogP contribution in [0.3, 0.4) is 0 Å². The Hall–Kier alpha value is -0.510. The predicted molar refractivity (Wildman–Crippen MR) is 95.1 cm³/mol. The minimum Gasteiger partial charge on any atom is -0.282 e. The van der Waals surface area contributed by atoms with Gasteiger partial charge in [-0.15, -0.1) is 0 Å². The molecule has 2 amide bonds. The number of hydrogen-bond acceptors (Lipinski definition) is 3. The molecule has 1 atom stereocenters. The number of rotatable bonds is 13. The van der Waals surface area contributed by atoms with Gasteiger partial charge in [0, 0.05) is 30.4 Å². The summed E-state index contributed by atoms with van der Waals surface area (Å²) in [7, 11) is 0. The molecular weight excluding hydrogens is 294 g/mol. The quantitative estimate of drug-likeness (QED) is 0.360. The van der Waals surface area contributed by atoms with Crippen LogP contribution in [-0.4, -0.2) is 34.3 Å². The normalized spacial score (nSPS) is 16.5. The highest BCUT2D eigenvalue weighted by molar-refractivity contribution is 7.99. The van der Waals surface area contributed by atoms with Crippen molar-refractivity contribution in [1.29, 1.82) is 0 Å². The number of likely N-dealkylation sites (tertiary alicyclic amines) is 1. The molecule has 22 heavy (non-hydrogen) atoms. The average Bonchev–Trinajstić information content (AvgIpc) is 2.82. The molecule has 0 aromatic carbocycles. The van der Waals surface area contributed by atoms with Crippen LogP contribution < -0.4 is 0 Å². The molecule has 128 valence electrons. The van der Waals surface area contributed by atoms with E-state index in [1.165, 1.54) is 62.7 Å². The van der Waals surface area contributed by atoms with Gasteiger partial charge in [-0.3, -0.25) is 14.5 Å². The lowest BCUT2D eigenvalue weighted by atomic mass is 10.1. The van der Waals surface area contributed by atoms with E-state index >= 15 is 0 Å². The molecule has 1 heterocycles. The summed E-state index contributed by atoms with van der Waals surface area (Å²) in [6.45, 7) is 5.12. The summed E-state index contributed by atoms with van der Waals surface area (Å²) in [5, 5.41) is 0.632. The lowest BCUT2D eigenvalue weighted by molar-refractivity contribution is -0.137. The van der Waals surface area contributed by atoms with E-state index in [9.17, 15) is 9.59 Å². The lowest BCUT2D eigenvalue weighted by Gasteiger charge is -2.15. The zero-order valence-corrected chi connectivity index (χ0v) is 15.3. The van der Waals surface area contributed by atoms with Crippen molar-refractivity contribution in [3.05, 3.63) is 0 Å². The van der Waals surface area contributed by atoms with E-state index in [4.69, 9.17) is 0 Å². The van der Waals surface area contributed by atoms with Crippen LogP contribution in [0, 0.1) is 0 Å². The fraction of sp³-hybridized carbons (Fsp3) is 0.889. The molecule has 1 fully saturated rings. The van der Waals surface area contributed by atoms with Gasteiger partial charge in [0.1, 0.15) is 0 Å². The predicted octanol–water partition coefficient (Wildman–Crippen LogP) is 4.79. The molecule has 0 aromatic heterocycles. The van der Waals surface area contributed by atoms with Crippen LogP contribution in [-0.2, 0) is 9.59 Å². The Morgan fingerprint density at radius 3 is 2.09 bits per heavy atom. The first-order valence-corrected chi connectivity index (χ1v) is 10.1. The molecule has 1 rings (SSSR count). The van der Waals surface area contributed by atoms with Crippen LogP contribution >= 0.6 is 11.8 Å². The Kier molecular flexibility index (Phi) is 10.6. The van der Waals surface area contributed by atoms with Gasteiger partial charge in [-0.2, -0.15) is 11.8 Å². The van der Waals surface area contributed by atoms with Gasteiger partial charge in [-0.25, -0.2) is 0 Å². The third-order valence-electron chi connectivity index (χ3n) is 4.34. The van der Waals surface area contributed by atoms with Crippen molar-refractivity contribution in [2.75, 3.05) is 12.3 Å². The van der Waals surface area contributed by atoms with Gasteiger partial charge in [0.15, 0.2) is 0 Å². The van der Waals surface area contributed by atoms with Crippen molar-refractivity contribution in [1.82, 2.24) is 4.90 Å². The number of imide groups is 1. The summed E-state index contributed by atoms with van der Waals surface area (Å²) in [5.41, 5.74) is 0. The van der Waals surface area contributed by atoms with Gasteiger partial charge in [0.2, 0.25) is 11.8 Å². The van der Waals surface area contributed by atoms with Gasteiger partial charge < -0.3 is 0 Å². The maximum absolute atomic E-state index is 11.5. The van der Waals surface area contributed by atoms with Gasteiger partial charge >= 0.3 is 0 Å². The summed E-state index contributed by atoms with van der Waals surface area (Å²) in [6, 6.07) is 0. The lowest BCUT2D eigenvalue weighted by Crippen LogP contribution is -2.31. The van der Waals surface area contributed by atoms with Crippen LogP contribution in [0.2, 0.25) is 0 Å². The van der Waals surface area contributed by atoms with E-state index in [0.717, 1.165) is 5.75 Å². The smallest absolute Gasteiger partial charge is 0.229 e. The molecule has 1 saturated heterocycles. The van der Waals surface area contributed by atoms with Crippen LogP contribution in [0.4, 0.5) is 0 Å². The van der Waals surface area contributed by atoms with E-state index < -0.39 is 0 Å². The number of hydrogen-bond donors (Lipinski definition) is 0. The van der Waals surface area contributed by atoms with E-state index in [2.05, 4.69) is 13.8 Å². The van der Waals surface area contributed by atoms with E-state index in [-0.39, 0.29) is 11.8 Å². The first-order chi connectivity index (χ1) is 10.6. The van der Waals surface area contributed by atoms with Crippen molar-refractivity contribution in [3.63, 3.8) is 0 Å². The van der Waals surface area contributed by atoms with Gasteiger partial charge in [0.25, 0.3) is 0 Å². The molecule has 0 N–H and O–H groups in total. The Morgan fingerprint density at radius 1 is 0.955 bits per heavy atom. The summed E-state index contributed by atoms with van der Waals surface area (Å²) in [6.07, 6.45) is 13.0. The SMILES string of the molecule is CCCCCCCCCCC(C)SCCN1C(=O)CCC1=O. The number of thioether (sulfide) groups is 1. The molecule has 4 heteroatoms. The molecule has 0 saturated carbocycles. The highest BCUT2D eigenvalue weighted by Crippen LogP contribution is 2.20. The molecule has 1 unspecified atom stereocenters. The van der Waals surface area contributed by atoms with Gasteiger partial charge in [0.05, 0.1) is 0 Å². The number of nitrogens with zero attached hydrogens (tertiary/aromatic N) is 1. The van der Waals surface area contributed by atoms with Gasteiger partial charge in [-0.1, -0.05) is 65.2 Å². The monoisotopic (exact) mass is 327 g/mol. The Bertz CT molecular complexity index is 317. The van der Waals surface area contributed by atoms with E-state index in [1.54, 1.807) is 0 Å². The molecule has 1 aliphatic rings. The number of amides is 2. The Balaban J connectivity index is 1.92. The first kappa shape index (κ1) is 19.5. The number of carbonyl (C=O) groups is 2. The van der Waals surface area contributed by atoms with Crippen LogP contribution in [0.5, 0.6) is 0 Å². The Labute approximate surface area is 140 Å². The summed E-state index contributed by atoms with van der Waals surface area (Å²) in [4.78, 5) is 24.4. The molecule has 0 aliphatic carbocycles. The Morgan fingerprint density at radius 2 is 1.50 bits per heavy atom. The number of unbranched alkanes of at least 4 members (excludes halogenated alkanes) is 7. The fourth-order valence-electron chi connectivity index (χ4n) is 2.87. The zero-order chi connectivity index (χ0) is 16.2. The second kappa shape index (κ2) is 12.0. The number of carbonyl (C=O) groups excluding carboxylic acids is 2. The molecule has 1 aliphatic heterocycles. The molecular formula is C18H33NO2S. The molecule has 0 spiro atoms. The van der Waals surface area contributed by atoms with Crippen molar-refractivity contribution in [2.24, 2.45) is 0 Å².